The fourth-order valence-electron chi connectivity index (χ4n) is 2.83. The van der Waals surface area contributed by atoms with Crippen LogP contribution < -0.4 is 5.32 Å². The molecular weight excluding hydrogens is 447 g/mol. The van der Waals surface area contributed by atoms with Crippen molar-refractivity contribution in [2.75, 3.05) is 25.5 Å². The lowest BCUT2D eigenvalue weighted by Crippen LogP contribution is -2.35. The van der Waals surface area contributed by atoms with Gasteiger partial charge in [0.05, 0.1) is 17.6 Å². The molecule has 0 bridgehead atoms. The Labute approximate surface area is 185 Å². The number of halogens is 3. The number of alkyl halides is 3. The van der Waals surface area contributed by atoms with E-state index in [1.165, 1.54) is 18.1 Å². The molecular formula is C20H20F3N5O3S. The molecule has 3 aromatic rings. The zero-order valence-corrected chi connectivity index (χ0v) is 17.9. The molecule has 1 atom stereocenters. The van der Waals surface area contributed by atoms with Gasteiger partial charge in [-0.2, -0.15) is 13.2 Å². The van der Waals surface area contributed by atoms with E-state index in [2.05, 4.69) is 20.3 Å². The Hall–Kier alpha value is -3.09. The third-order valence-electron chi connectivity index (χ3n) is 4.29. The smallest absolute Gasteiger partial charge is 0.394 e. The quantitative estimate of drug-likeness (QED) is 0.490. The normalized spacial score (nSPS) is 12.5. The van der Waals surface area contributed by atoms with Crippen molar-refractivity contribution >= 4 is 28.9 Å². The van der Waals surface area contributed by atoms with E-state index in [9.17, 15) is 23.1 Å². The van der Waals surface area contributed by atoms with Crippen molar-refractivity contribution in [3.63, 3.8) is 0 Å². The van der Waals surface area contributed by atoms with Crippen LogP contribution in [0.2, 0.25) is 0 Å². The van der Waals surface area contributed by atoms with Crippen molar-refractivity contribution in [1.82, 2.24) is 19.9 Å². The van der Waals surface area contributed by atoms with Crippen molar-refractivity contribution in [3.8, 4) is 10.4 Å². The zero-order chi connectivity index (χ0) is 23.5. The summed E-state index contributed by atoms with van der Waals surface area (Å²) in [7, 11) is 1.49. The third kappa shape index (κ3) is 5.78. The summed E-state index contributed by atoms with van der Waals surface area (Å²) in [5.41, 5.74) is 0.947. The maximum Gasteiger partial charge on any atom is 0.433 e. The van der Waals surface area contributed by atoms with E-state index in [0.29, 0.717) is 16.1 Å². The predicted molar refractivity (Wildman–Crippen MR) is 113 cm³/mol. The molecule has 12 heteroatoms. The molecule has 1 amide bonds. The van der Waals surface area contributed by atoms with Crippen molar-refractivity contribution in [3.05, 3.63) is 52.9 Å². The Morgan fingerprint density at radius 1 is 1.28 bits per heavy atom. The molecule has 1 unspecified atom stereocenters. The molecule has 170 valence electrons. The van der Waals surface area contributed by atoms with Crippen LogP contribution in [0.3, 0.4) is 0 Å². The minimum absolute atomic E-state index is 0.0419. The standard InChI is InChI=1S/C20H20F3N5O3S/c1-11-5-12(15-8-25-17(32-15)18(31)28(2)9-14(30)10-29)7-13(6-11)26-19-24-4-3-16(27-19)20(21,22)23/h3-8,14,29-30H,9-10H2,1-2H3,(H,24,26,27). The predicted octanol–water partition coefficient (Wildman–Crippen LogP) is 3.10. The number of hydrogen-bond donors (Lipinski definition) is 3. The van der Waals surface area contributed by atoms with Crippen molar-refractivity contribution in [2.45, 2.75) is 19.2 Å². The van der Waals surface area contributed by atoms with Crippen LogP contribution in [0.4, 0.5) is 24.8 Å². The minimum atomic E-state index is -4.58. The summed E-state index contributed by atoms with van der Waals surface area (Å²) in [6.45, 7) is 1.31. The van der Waals surface area contributed by atoms with E-state index in [1.54, 1.807) is 12.1 Å². The first kappa shape index (κ1) is 23.6. The third-order valence-corrected chi connectivity index (χ3v) is 5.33. The molecule has 3 N–H and O–H groups in total. The molecule has 0 aliphatic carbocycles. The lowest BCUT2D eigenvalue weighted by atomic mass is 10.1. The summed E-state index contributed by atoms with van der Waals surface area (Å²) in [5.74, 6) is -0.599. The summed E-state index contributed by atoms with van der Waals surface area (Å²) >= 11 is 1.13. The first-order valence-electron chi connectivity index (χ1n) is 9.36. The van der Waals surface area contributed by atoms with Gasteiger partial charge in [0.1, 0.15) is 5.69 Å². The maximum atomic E-state index is 12.9. The number of likely N-dealkylation sites (N-methyl/N-ethyl adjacent to an activating group) is 1. The van der Waals surface area contributed by atoms with Gasteiger partial charge in [-0.3, -0.25) is 4.79 Å². The lowest BCUT2D eigenvalue weighted by molar-refractivity contribution is -0.141. The fraction of sp³-hybridized carbons (Fsp3) is 0.300. The van der Waals surface area contributed by atoms with Gasteiger partial charge in [0, 0.05) is 31.7 Å². The number of carbonyl (C=O) groups is 1. The summed E-state index contributed by atoms with van der Waals surface area (Å²) in [6.07, 6.45) is -3.08. The van der Waals surface area contributed by atoms with E-state index < -0.39 is 30.5 Å². The van der Waals surface area contributed by atoms with Gasteiger partial charge in [0.25, 0.3) is 5.91 Å². The van der Waals surface area contributed by atoms with Crippen LogP contribution in [-0.4, -0.2) is 62.3 Å². The Kier molecular flexibility index (Phi) is 7.06. The number of amides is 1. The molecule has 2 heterocycles. The number of nitrogens with zero attached hydrogens (tertiary/aromatic N) is 4. The van der Waals surface area contributed by atoms with Crippen molar-refractivity contribution in [1.29, 1.82) is 0 Å². The van der Waals surface area contributed by atoms with E-state index in [1.807, 2.05) is 13.0 Å². The molecule has 2 aromatic heterocycles. The van der Waals surface area contributed by atoms with Crippen LogP contribution in [0.5, 0.6) is 0 Å². The van der Waals surface area contributed by atoms with E-state index in [-0.39, 0.29) is 17.5 Å². The molecule has 0 saturated heterocycles. The molecule has 0 radical (unpaired) electrons. The van der Waals surface area contributed by atoms with E-state index in [4.69, 9.17) is 5.11 Å². The highest BCUT2D eigenvalue weighted by Gasteiger charge is 2.32. The number of anilines is 2. The van der Waals surface area contributed by atoms with Gasteiger partial charge in [0.2, 0.25) is 5.95 Å². The number of benzene rings is 1. The van der Waals surface area contributed by atoms with E-state index in [0.717, 1.165) is 29.2 Å². The largest absolute Gasteiger partial charge is 0.433 e. The molecule has 0 spiro atoms. The highest BCUT2D eigenvalue weighted by Crippen LogP contribution is 2.31. The zero-order valence-electron chi connectivity index (χ0n) is 17.1. The van der Waals surface area contributed by atoms with Crippen LogP contribution in [-0.2, 0) is 6.18 Å². The number of carbonyl (C=O) groups excluding carboxylic acids is 1. The second-order valence-electron chi connectivity index (χ2n) is 7.03. The average Bonchev–Trinajstić information content (AvgIpc) is 3.22. The molecule has 0 aliphatic heterocycles. The maximum absolute atomic E-state index is 12.9. The van der Waals surface area contributed by atoms with Gasteiger partial charge in [-0.1, -0.05) is 6.07 Å². The van der Waals surface area contributed by atoms with Crippen molar-refractivity contribution in [2.24, 2.45) is 0 Å². The van der Waals surface area contributed by atoms with Gasteiger partial charge in [0.15, 0.2) is 5.01 Å². The minimum Gasteiger partial charge on any atom is -0.394 e. The number of aromatic nitrogens is 3. The number of aryl methyl sites for hydroxylation is 1. The van der Waals surface area contributed by atoms with Crippen molar-refractivity contribution < 1.29 is 28.2 Å². The van der Waals surface area contributed by atoms with E-state index >= 15 is 0 Å². The molecule has 1 aromatic carbocycles. The van der Waals surface area contributed by atoms with Gasteiger partial charge >= 0.3 is 6.18 Å². The number of aliphatic hydroxyl groups is 2. The molecule has 3 rings (SSSR count). The molecule has 0 fully saturated rings. The van der Waals surface area contributed by atoms with Crippen LogP contribution in [0.25, 0.3) is 10.4 Å². The SMILES string of the molecule is Cc1cc(Nc2nccc(C(F)(F)F)n2)cc(-c2cnc(C(=O)N(C)CC(O)CO)s2)c1. The summed E-state index contributed by atoms with van der Waals surface area (Å²) < 4.78 is 38.7. The highest BCUT2D eigenvalue weighted by molar-refractivity contribution is 7.16. The van der Waals surface area contributed by atoms with Crippen LogP contribution in [0.15, 0.2) is 36.7 Å². The van der Waals surface area contributed by atoms with Gasteiger partial charge < -0.3 is 20.4 Å². The van der Waals surface area contributed by atoms with Crippen LogP contribution >= 0.6 is 11.3 Å². The Morgan fingerprint density at radius 2 is 2.03 bits per heavy atom. The Bertz CT molecular complexity index is 1110. The summed E-state index contributed by atoms with van der Waals surface area (Å²) in [4.78, 5) is 25.9. The van der Waals surface area contributed by atoms with Gasteiger partial charge in [-0.05, 0) is 36.2 Å². The van der Waals surface area contributed by atoms with Crippen LogP contribution in [0.1, 0.15) is 21.1 Å². The molecule has 0 saturated carbocycles. The number of thiazole rings is 1. The second kappa shape index (κ2) is 9.59. The fourth-order valence-corrected chi connectivity index (χ4v) is 3.73. The average molecular weight is 467 g/mol. The second-order valence-corrected chi connectivity index (χ2v) is 8.06. The summed E-state index contributed by atoms with van der Waals surface area (Å²) in [5, 5.41) is 21.4. The number of aliphatic hydroxyl groups excluding tert-OH is 2. The monoisotopic (exact) mass is 467 g/mol. The number of nitrogens with one attached hydrogen (secondary N) is 1. The number of hydrogen-bond acceptors (Lipinski definition) is 8. The summed E-state index contributed by atoms with van der Waals surface area (Å²) in [6, 6.07) is 6.06. The topological polar surface area (TPSA) is 111 Å². The Balaban J connectivity index is 1.82. The molecule has 8 nitrogen and oxygen atoms in total. The Morgan fingerprint density at radius 3 is 2.72 bits per heavy atom. The van der Waals surface area contributed by atoms with Gasteiger partial charge in [-0.15, -0.1) is 11.3 Å². The van der Waals surface area contributed by atoms with Gasteiger partial charge in [-0.25, -0.2) is 15.0 Å². The lowest BCUT2D eigenvalue weighted by Gasteiger charge is -2.18. The molecule has 32 heavy (non-hydrogen) atoms. The number of rotatable bonds is 7. The highest BCUT2D eigenvalue weighted by atomic mass is 32.1. The molecule has 0 aliphatic rings. The first-order valence-corrected chi connectivity index (χ1v) is 10.2. The first-order chi connectivity index (χ1) is 15.1. The van der Waals surface area contributed by atoms with Crippen LogP contribution in [0, 0.1) is 6.92 Å².